The monoisotopic (exact) mass is 456 g/mol. The number of ether oxygens (including phenoxy) is 1. The highest BCUT2D eigenvalue weighted by molar-refractivity contribution is 6.18. The third-order valence-electron chi connectivity index (χ3n) is 5.55. The molecule has 1 N–H and O–H groups in total. The Balaban J connectivity index is 1.92. The number of halogens is 3. The number of hydrogen-bond acceptors (Lipinski definition) is 3. The SMILES string of the molecule is CC(C)OC(=O)C1=CN(C(=O)c2c(F)cc(F)cc2F)CC(C)(C)c2c1[nH]c1ccccc21. The number of H-pyrrole nitrogens is 1. The Morgan fingerprint density at radius 2 is 1.73 bits per heavy atom. The summed E-state index contributed by atoms with van der Waals surface area (Å²) in [6.07, 6.45) is 0.816. The van der Waals surface area contributed by atoms with Crippen molar-refractivity contribution < 1.29 is 27.5 Å². The zero-order chi connectivity index (χ0) is 24.1. The van der Waals surface area contributed by atoms with Gasteiger partial charge in [-0.15, -0.1) is 0 Å². The molecule has 0 bridgehead atoms. The predicted octanol–water partition coefficient (Wildman–Crippen LogP) is 5.31. The summed E-state index contributed by atoms with van der Waals surface area (Å²) in [5, 5.41) is 0.856. The van der Waals surface area contributed by atoms with Crippen molar-refractivity contribution in [2.75, 3.05) is 6.54 Å². The molecule has 0 saturated heterocycles. The van der Waals surface area contributed by atoms with Crippen LogP contribution in [0.2, 0.25) is 0 Å². The number of esters is 1. The highest BCUT2D eigenvalue weighted by Crippen LogP contribution is 2.40. The van der Waals surface area contributed by atoms with Crippen molar-refractivity contribution in [3.8, 4) is 0 Å². The zero-order valence-electron chi connectivity index (χ0n) is 18.6. The molecule has 3 aromatic rings. The molecular weight excluding hydrogens is 433 g/mol. The topological polar surface area (TPSA) is 62.4 Å². The number of benzene rings is 2. The second kappa shape index (κ2) is 8.10. The van der Waals surface area contributed by atoms with Gasteiger partial charge in [-0.1, -0.05) is 32.0 Å². The Kier molecular flexibility index (Phi) is 5.56. The van der Waals surface area contributed by atoms with Crippen LogP contribution in [0.25, 0.3) is 16.5 Å². The number of rotatable bonds is 3. The van der Waals surface area contributed by atoms with Gasteiger partial charge in [-0.2, -0.15) is 0 Å². The summed E-state index contributed by atoms with van der Waals surface area (Å²) in [6.45, 7) is 7.13. The Bertz CT molecular complexity index is 1280. The summed E-state index contributed by atoms with van der Waals surface area (Å²) in [4.78, 5) is 30.6. The van der Waals surface area contributed by atoms with E-state index in [-0.39, 0.29) is 12.1 Å². The Labute approximate surface area is 188 Å². The summed E-state index contributed by atoms with van der Waals surface area (Å²) < 4.78 is 47.6. The van der Waals surface area contributed by atoms with E-state index in [0.717, 1.165) is 21.4 Å². The van der Waals surface area contributed by atoms with E-state index in [1.807, 2.05) is 38.1 Å². The molecule has 1 aliphatic heterocycles. The minimum Gasteiger partial charge on any atom is -0.459 e. The number of para-hydroxylation sites is 1. The summed E-state index contributed by atoms with van der Waals surface area (Å²) in [5.74, 6) is -5.47. The van der Waals surface area contributed by atoms with Crippen molar-refractivity contribution >= 4 is 28.4 Å². The van der Waals surface area contributed by atoms with Crippen molar-refractivity contribution in [3.63, 3.8) is 0 Å². The van der Waals surface area contributed by atoms with Gasteiger partial charge in [0.1, 0.15) is 23.0 Å². The number of nitrogens with one attached hydrogen (secondary N) is 1. The molecule has 33 heavy (non-hydrogen) atoms. The average molecular weight is 456 g/mol. The van der Waals surface area contributed by atoms with Crippen molar-refractivity contribution in [1.29, 1.82) is 0 Å². The van der Waals surface area contributed by atoms with E-state index in [2.05, 4.69) is 4.98 Å². The first-order valence-corrected chi connectivity index (χ1v) is 10.5. The molecule has 5 nitrogen and oxygen atoms in total. The minimum absolute atomic E-state index is 0.00932. The molecule has 8 heteroatoms. The molecule has 0 unspecified atom stereocenters. The number of aromatic nitrogens is 1. The minimum atomic E-state index is -1.32. The smallest absolute Gasteiger partial charge is 0.342 e. The molecule has 1 aliphatic rings. The van der Waals surface area contributed by atoms with Crippen LogP contribution in [0.1, 0.15) is 49.3 Å². The van der Waals surface area contributed by atoms with Crippen molar-refractivity contribution in [2.24, 2.45) is 0 Å². The highest BCUT2D eigenvalue weighted by Gasteiger charge is 2.38. The number of amides is 1. The Morgan fingerprint density at radius 3 is 2.36 bits per heavy atom. The largest absolute Gasteiger partial charge is 0.459 e. The summed E-state index contributed by atoms with van der Waals surface area (Å²) in [7, 11) is 0. The second-order valence-corrected chi connectivity index (χ2v) is 8.98. The summed E-state index contributed by atoms with van der Waals surface area (Å²) in [6, 6.07) is 8.39. The molecule has 0 radical (unpaired) electrons. The molecule has 0 atom stereocenters. The Morgan fingerprint density at radius 1 is 1.09 bits per heavy atom. The molecule has 0 aliphatic carbocycles. The third-order valence-corrected chi connectivity index (χ3v) is 5.55. The molecule has 0 fully saturated rings. The second-order valence-electron chi connectivity index (χ2n) is 8.98. The molecule has 2 aromatic carbocycles. The number of carbonyl (C=O) groups is 2. The van der Waals surface area contributed by atoms with Gasteiger partial charge < -0.3 is 14.6 Å². The lowest BCUT2D eigenvalue weighted by molar-refractivity contribution is -0.140. The van der Waals surface area contributed by atoms with Crippen LogP contribution in [0.4, 0.5) is 13.2 Å². The summed E-state index contributed by atoms with van der Waals surface area (Å²) in [5.41, 5.74) is 0.484. The van der Waals surface area contributed by atoms with Crippen molar-refractivity contribution in [1.82, 2.24) is 9.88 Å². The molecule has 2 heterocycles. The van der Waals surface area contributed by atoms with Gasteiger partial charge in [-0.25, -0.2) is 18.0 Å². The normalized spacial score (nSPS) is 15.3. The fourth-order valence-corrected chi connectivity index (χ4v) is 4.27. The van der Waals surface area contributed by atoms with Gasteiger partial charge in [0.25, 0.3) is 5.91 Å². The van der Waals surface area contributed by atoms with Gasteiger partial charge in [0, 0.05) is 41.2 Å². The van der Waals surface area contributed by atoms with Crippen LogP contribution >= 0.6 is 0 Å². The number of aromatic amines is 1. The van der Waals surface area contributed by atoms with E-state index in [0.29, 0.717) is 17.8 Å². The molecule has 0 saturated carbocycles. The fourth-order valence-electron chi connectivity index (χ4n) is 4.27. The highest BCUT2D eigenvalue weighted by atomic mass is 19.1. The number of hydrogen-bond donors (Lipinski definition) is 1. The van der Waals surface area contributed by atoms with E-state index in [1.165, 1.54) is 6.20 Å². The van der Waals surface area contributed by atoms with Crippen LogP contribution in [0, 0.1) is 17.5 Å². The van der Waals surface area contributed by atoms with Crippen LogP contribution < -0.4 is 0 Å². The lowest BCUT2D eigenvalue weighted by atomic mass is 9.81. The molecule has 1 aromatic heterocycles. The van der Waals surface area contributed by atoms with Crippen LogP contribution in [0.5, 0.6) is 0 Å². The van der Waals surface area contributed by atoms with E-state index < -0.39 is 46.4 Å². The average Bonchev–Trinajstić information content (AvgIpc) is 3.04. The van der Waals surface area contributed by atoms with E-state index in [4.69, 9.17) is 4.74 Å². The first-order chi connectivity index (χ1) is 15.5. The van der Waals surface area contributed by atoms with Gasteiger partial charge in [0.05, 0.1) is 17.4 Å². The number of fused-ring (bicyclic) bond motifs is 3. The maximum atomic E-state index is 14.4. The third kappa shape index (κ3) is 4.01. The van der Waals surface area contributed by atoms with Gasteiger partial charge in [0.15, 0.2) is 0 Å². The molecule has 0 spiro atoms. The van der Waals surface area contributed by atoms with Crippen LogP contribution in [-0.4, -0.2) is 34.4 Å². The van der Waals surface area contributed by atoms with Gasteiger partial charge in [-0.05, 0) is 25.5 Å². The lowest BCUT2D eigenvalue weighted by Gasteiger charge is -2.29. The van der Waals surface area contributed by atoms with Gasteiger partial charge in [0.2, 0.25) is 0 Å². The quantitative estimate of drug-likeness (QED) is 0.544. The number of nitrogens with zero attached hydrogens (tertiary/aromatic N) is 1. The number of carbonyl (C=O) groups excluding carboxylic acids is 2. The van der Waals surface area contributed by atoms with E-state index in [1.54, 1.807) is 13.8 Å². The predicted molar refractivity (Wildman–Crippen MR) is 118 cm³/mol. The van der Waals surface area contributed by atoms with E-state index >= 15 is 0 Å². The van der Waals surface area contributed by atoms with Crippen molar-refractivity contribution in [2.45, 2.75) is 39.2 Å². The lowest BCUT2D eigenvalue weighted by Crippen LogP contribution is -2.37. The molecule has 1 amide bonds. The van der Waals surface area contributed by atoms with Crippen LogP contribution in [-0.2, 0) is 14.9 Å². The molecule has 172 valence electrons. The fraction of sp³-hybridized carbons (Fsp3) is 0.280. The van der Waals surface area contributed by atoms with Crippen molar-refractivity contribution in [3.05, 3.63) is 76.9 Å². The molecular formula is C25H23F3N2O3. The maximum absolute atomic E-state index is 14.4. The standard InChI is InChI=1S/C25H23F3N2O3/c1-13(2)33-24(32)16-11-30(23(31)20-17(27)9-14(26)10-18(20)28)12-25(3,4)21-15-7-5-6-8-19(15)29-22(16)21/h5-11,13,29H,12H2,1-4H3. The first kappa shape index (κ1) is 22.6. The van der Waals surface area contributed by atoms with Crippen LogP contribution in [0.15, 0.2) is 42.6 Å². The van der Waals surface area contributed by atoms with Gasteiger partial charge >= 0.3 is 5.97 Å². The molecule has 4 rings (SSSR count). The zero-order valence-corrected chi connectivity index (χ0v) is 18.6. The first-order valence-electron chi connectivity index (χ1n) is 10.5. The van der Waals surface area contributed by atoms with Crippen LogP contribution in [0.3, 0.4) is 0 Å². The Hall–Kier alpha value is -3.55. The van der Waals surface area contributed by atoms with E-state index in [9.17, 15) is 22.8 Å². The maximum Gasteiger partial charge on any atom is 0.342 e. The summed E-state index contributed by atoms with van der Waals surface area (Å²) >= 11 is 0. The van der Waals surface area contributed by atoms with Gasteiger partial charge in [-0.3, -0.25) is 4.79 Å².